The maximum absolute atomic E-state index is 13.2. The summed E-state index contributed by atoms with van der Waals surface area (Å²) in [6.07, 6.45) is -4.73. The first-order valence-electron chi connectivity index (χ1n) is 10.5. The molecule has 1 N–H and O–H groups in total. The van der Waals surface area contributed by atoms with Crippen molar-refractivity contribution in [1.29, 1.82) is 0 Å². The van der Waals surface area contributed by atoms with Crippen molar-refractivity contribution >= 4 is 11.8 Å². The van der Waals surface area contributed by atoms with E-state index in [9.17, 15) is 22.8 Å². The quantitative estimate of drug-likeness (QED) is 0.650. The third-order valence-electron chi connectivity index (χ3n) is 5.76. The smallest absolute Gasteiger partial charge is 0.352 e. The van der Waals surface area contributed by atoms with Crippen LogP contribution in [0.3, 0.4) is 0 Å². The molecule has 1 aliphatic heterocycles. The van der Waals surface area contributed by atoms with Gasteiger partial charge in [-0.15, -0.1) is 0 Å². The third-order valence-corrected chi connectivity index (χ3v) is 5.76. The number of carbonyl (C=O) groups excluding carboxylic acids is 2. The molecule has 9 heteroatoms. The summed E-state index contributed by atoms with van der Waals surface area (Å²) in [7, 11) is 0. The lowest BCUT2D eigenvalue weighted by Crippen LogP contribution is -2.52. The lowest BCUT2D eigenvalue weighted by Gasteiger charge is -2.35. The Kier molecular flexibility index (Phi) is 5.97. The van der Waals surface area contributed by atoms with Crippen molar-refractivity contribution in [3.63, 3.8) is 0 Å². The molecular formula is C24H23F3N4O2. The molecule has 0 saturated carbocycles. The molecule has 2 amide bonds. The van der Waals surface area contributed by atoms with E-state index in [-0.39, 0.29) is 31.0 Å². The number of alkyl halides is 3. The van der Waals surface area contributed by atoms with E-state index >= 15 is 0 Å². The average Bonchev–Trinajstić information content (AvgIpc) is 3.07. The second-order valence-corrected chi connectivity index (χ2v) is 7.99. The van der Waals surface area contributed by atoms with Gasteiger partial charge in [-0.2, -0.15) is 18.3 Å². The number of nitrogens with zero attached hydrogens (tertiary/aromatic N) is 3. The molecule has 1 saturated heterocycles. The van der Waals surface area contributed by atoms with Crippen LogP contribution in [0.4, 0.5) is 13.2 Å². The van der Waals surface area contributed by atoms with Crippen LogP contribution in [0.25, 0.3) is 5.69 Å². The predicted molar refractivity (Wildman–Crippen MR) is 116 cm³/mol. The Balaban J connectivity index is 1.67. The zero-order chi connectivity index (χ0) is 23.8. The first-order chi connectivity index (χ1) is 15.7. The molecule has 2 heterocycles. The maximum Gasteiger partial charge on any atom is 0.416 e. The SMILES string of the molecule is Cc1nn(-c2ccccc2)c(C)c1[C@H]1C(=O)NCCN1C(=O)Cc1cccc(C(F)(F)F)c1. The number of piperazine rings is 1. The van der Waals surface area contributed by atoms with E-state index in [1.54, 1.807) is 11.6 Å². The zero-order valence-electron chi connectivity index (χ0n) is 18.2. The number of carbonyl (C=O) groups is 2. The second-order valence-electron chi connectivity index (χ2n) is 7.99. The minimum absolute atomic E-state index is 0.237. The molecule has 0 aliphatic carbocycles. The Labute approximate surface area is 189 Å². The van der Waals surface area contributed by atoms with E-state index in [2.05, 4.69) is 10.4 Å². The Hall–Kier alpha value is -3.62. The van der Waals surface area contributed by atoms with Gasteiger partial charge < -0.3 is 10.2 Å². The highest BCUT2D eigenvalue weighted by molar-refractivity contribution is 5.91. The Bertz CT molecular complexity index is 1190. The normalized spacial score (nSPS) is 16.6. The first kappa shape index (κ1) is 22.6. The van der Waals surface area contributed by atoms with Crippen molar-refractivity contribution in [3.8, 4) is 5.69 Å². The van der Waals surface area contributed by atoms with Crippen molar-refractivity contribution < 1.29 is 22.8 Å². The molecule has 0 radical (unpaired) electrons. The monoisotopic (exact) mass is 456 g/mol. The minimum Gasteiger partial charge on any atom is -0.352 e. The average molecular weight is 456 g/mol. The molecule has 1 fully saturated rings. The van der Waals surface area contributed by atoms with Gasteiger partial charge in [0.2, 0.25) is 11.8 Å². The van der Waals surface area contributed by atoms with Crippen LogP contribution < -0.4 is 5.32 Å². The van der Waals surface area contributed by atoms with Gasteiger partial charge in [0, 0.05) is 24.3 Å². The molecule has 0 spiro atoms. The van der Waals surface area contributed by atoms with Crippen LogP contribution in [0.1, 0.15) is 34.1 Å². The number of nitrogens with one attached hydrogen (secondary N) is 1. The van der Waals surface area contributed by atoms with Crippen LogP contribution in [0.5, 0.6) is 0 Å². The predicted octanol–water partition coefficient (Wildman–Crippen LogP) is 3.75. The highest BCUT2D eigenvalue weighted by Gasteiger charge is 2.38. The van der Waals surface area contributed by atoms with Crippen LogP contribution in [0.15, 0.2) is 54.6 Å². The summed E-state index contributed by atoms with van der Waals surface area (Å²) in [6, 6.07) is 13.2. The van der Waals surface area contributed by atoms with Crippen LogP contribution >= 0.6 is 0 Å². The number of aryl methyl sites for hydroxylation is 1. The molecule has 33 heavy (non-hydrogen) atoms. The Morgan fingerprint density at radius 1 is 1.12 bits per heavy atom. The molecule has 6 nitrogen and oxygen atoms in total. The van der Waals surface area contributed by atoms with E-state index < -0.39 is 23.7 Å². The van der Waals surface area contributed by atoms with Gasteiger partial charge in [0.15, 0.2) is 0 Å². The summed E-state index contributed by atoms with van der Waals surface area (Å²) >= 11 is 0. The second kappa shape index (κ2) is 8.73. The van der Waals surface area contributed by atoms with E-state index in [4.69, 9.17) is 0 Å². The van der Waals surface area contributed by atoms with Crippen LogP contribution in [-0.2, 0) is 22.2 Å². The van der Waals surface area contributed by atoms with Gasteiger partial charge >= 0.3 is 6.18 Å². The Morgan fingerprint density at radius 2 is 1.85 bits per heavy atom. The van der Waals surface area contributed by atoms with E-state index in [0.717, 1.165) is 23.5 Å². The lowest BCUT2D eigenvalue weighted by atomic mass is 9.99. The van der Waals surface area contributed by atoms with E-state index in [0.29, 0.717) is 11.3 Å². The van der Waals surface area contributed by atoms with Crippen molar-refractivity contribution in [2.45, 2.75) is 32.5 Å². The lowest BCUT2D eigenvalue weighted by molar-refractivity contribution is -0.143. The summed E-state index contributed by atoms with van der Waals surface area (Å²) in [5, 5.41) is 7.37. The van der Waals surface area contributed by atoms with Crippen molar-refractivity contribution in [1.82, 2.24) is 20.0 Å². The van der Waals surface area contributed by atoms with Gasteiger partial charge in [-0.25, -0.2) is 4.68 Å². The molecule has 0 bridgehead atoms. The van der Waals surface area contributed by atoms with Gasteiger partial charge in [0.25, 0.3) is 0 Å². The number of halogens is 3. The van der Waals surface area contributed by atoms with Crippen molar-refractivity contribution in [2.75, 3.05) is 13.1 Å². The summed E-state index contributed by atoms with van der Waals surface area (Å²) in [4.78, 5) is 27.5. The fourth-order valence-electron chi connectivity index (χ4n) is 4.23. The van der Waals surface area contributed by atoms with Gasteiger partial charge in [0.1, 0.15) is 6.04 Å². The summed E-state index contributed by atoms with van der Waals surface area (Å²) in [6.45, 7) is 4.14. The molecule has 3 aromatic rings. The molecule has 1 atom stereocenters. The number of aromatic nitrogens is 2. The number of benzene rings is 2. The topological polar surface area (TPSA) is 67.2 Å². The fraction of sp³-hybridized carbons (Fsp3) is 0.292. The maximum atomic E-state index is 13.2. The zero-order valence-corrected chi connectivity index (χ0v) is 18.2. The van der Waals surface area contributed by atoms with Crippen molar-refractivity contribution in [2.24, 2.45) is 0 Å². The number of amides is 2. The standard InChI is InChI=1S/C24H23F3N4O2/c1-15-21(16(2)31(29-15)19-9-4-3-5-10-19)22-23(33)28-11-12-30(22)20(32)14-17-7-6-8-18(13-17)24(25,26)27/h3-10,13,22H,11-12,14H2,1-2H3,(H,28,33)/t22-/m0/s1. The van der Waals surface area contributed by atoms with Gasteiger partial charge in [-0.05, 0) is 37.6 Å². The molecule has 172 valence electrons. The highest BCUT2D eigenvalue weighted by atomic mass is 19.4. The van der Waals surface area contributed by atoms with Gasteiger partial charge in [-0.1, -0.05) is 36.4 Å². The summed E-state index contributed by atoms with van der Waals surface area (Å²) in [5.41, 5.74) is 2.20. The summed E-state index contributed by atoms with van der Waals surface area (Å²) < 4.78 is 40.9. The molecule has 0 unspecified atom stereocenters. The number of hydrogen-bond acceptors (Lipinski definition) is 3. The largest absolute Gasteiger partial charge is 0.416 e. The molecular weight excluding hydrogens is 433 g/mol. The third kappa shape index (κ3) is 4.48. The molecule has 2 aromatic carbocycles. The van der Waals surface area contributed by atoms with E-state index in [1.807, 2.05) is 37.3 Å². The van der Waals surface area contributed by atoms with Gasteiger partial charge in [-0.3, -0.25) is 9.59 Å². The molecule has 4 rings (SSSR count). The first-order valence-corrected chi connectivity index (χ1v) is 10.5. The molecule has 1 aliphatic rings. The number of para-hydroxylation sites is 1. The molecule has 1 aromatic heterocycles. The Morgan fingerprint density at radius 3 is 2.55 bits per heavy atom. The van der Waals surface area contributed by atoms with Crippen molar-refractivity contribution in [3.05, 3.63) is 82.7 Å². The van der Waals surface area contributed by atoms with Gasteiger partial charge in [0.05, 0.1) is 23.4 Å². The summed E-state index contributed by atoms with van der Waals surface area (Å²) in [5.74, 6) is -0.752. The van der Waals surface area contributed by atoms with Crippen LogP contribution in [0.2, 0.25) is 0 Å². The number of hydrogen-bond donors (Lipinski definition) is 1. The van der Waals surface area contributed by atoms with Crippen LogP contribution in [0, 0.1) is 13.8 Å². The fourth-order valence-corrected chi connectivity index (χ4v) is 4.23. The highest BCUT2D eigenvalue weighted by Crippen LogP contribution is 2.32. The minimum atomic E-state index is -4.49. The number of rotatable bonds is 4. The van der Waals surface area contributed by atoms with Crippen LogP contribution in [-0.4, -0.2) is 39.6 Å². The van der Waals surface area contributed by atoms with E-state index in [1.165, 1.54) is 17.0 Å².